The lowest BCUT2D eigenvalue weighted by Crippen LogP contribution is -2.40. The van der Waals surface area contributed by atoms with E-state index in [1.165, 1.54) is 12.1 Å². The van der Waals surface area contributed by atoms with Gasteiger partial charge in [0.2, 0.25) is 0 Å². The molecule has 4 rings (SSSR count). The van der Waals surface area contributed by atoms with Crippen molar-refractivity contribution in [2.45, 2.75) is 0 Å². The van der Waals surface area contributed by atoms with E-state index in [0.717, 1.165) is 0 Å². The molecule has 26 heavy (non-hydrogen) atoms. The van der Waals surface area contributed by atoms with E-state index in [4.69, 9.17) is 4.74 Å². The van der Waals surface area contributed by atoms with E-state index in [0.29, 0.717) is 43.2 Å². The number of nitrogens with zero attached hydrogens (tertiary/aromatic N) is 5. The van der Waals surface area contributed by atoms with Gasteiger partial charge in [0.15, 0.2) is 5.65 Å². The predicted molar refractivity (Wildman–Crippen MR) is 91.8 cm³/mol. The Morgan fingerprint density at radius 2 is 2.00 bits per heavy atom. The zero-order valence-electron chi connectivity index (χ0n) is 13.7. The number of rotatable bonds is 3. The zero-order chi connectivity index (χ0) is 18.1. The Morgan fingerprint density at radius 1 is 1.19 bits per heavy atom. The summed E-state index contributed by atoms with van der Waals surface area (Å²) in [4.78, 5) is 29.3. The Labute approximate surface area is 148 Å². The standard InChI is InChI=1S/C17H15N5O4/c23-17(20-7-9-26-10-8-20)13-2-1-12(11-15(13)22(24)25)14-3-4-16-18-5-6-21(16)19-14/h1-6,11H,7-10H2. The molecule has 0 N–H and O–H groups in total. The maximum Gasteiger partial charge on any atom is 0.282 e. The number of imidazole rings is 1. The largest absolute Gasteiger partial charge is 0.378 e. The molecule has 0 atom stereocenters. The summed E-state index contributed by atoms with van der Waals surface area (Å²) in [6.07, 6.45) is 3.32. The molecule has 0 saturated carbocycles. The molecule has 0 spiro atoms. The highest BCUT2D eigenvalue weighted by molar-refractivity contribution is 5.99. The second-order valence-electron chi connectivity index (χ2n) is 5.84. The summed E-state index contributed by atoms with van der Waals surface area (Å²) >= 11 is 0. The van der Waals surface area contributed by atoms with Gasteiger partial charge in [0.05, 0.1) is 23.8 Å². The van der Waals surface area contributed by atoms with Crippen LogP contribution in [0.3, 0.4) is 0 Å². The number of benzene rings is 1. The number of morpholine rings is 1. The fraction of sp³-hybridized carbons (Fsp3) is 0.235. The van der Waals surface area contributed by atoms with E-state index < -0.39 is 4.92 Å². The van der Waals surface area contributed by atoms with Crippen molar-refractivity contribution in [3.8, 4) is 11.3 Å². The van der Waals surface area contributed by atoms with E-state index >= 15 is 0 Å². The van der Waals surface area contributed by atoms with Gasteiger partial charge in [-0.3, -0.25) is 14.9 Å². The van der Waals surface area contributed by atoms with E-state index in [1.807, 2.05) is 0 Å². The number of hydrogen-bond acceptors (Lipinski definition) is 6. The maximum absolute atomic E-state index is 12.7. The highest BCUT2D eigenvalue weighted by atomic mass is 16.6. The second-order valence-corrected chi connectivity index (χ2v) is 5.84. The Morgan fingerprint density at radius 3 is 2.77 bits per heavy atom. The molecule has 0 radical (unpaired) electrons. The molecule has 0 bridgehead atoms. The number of fused-ring (bicyclic) bond motifs is 1. The van der Waals surface area contributed by atoms with E-state index in [-0.39, 0.29) is 17.2 Å². The van der Waals surface area contributed by atoms with Crippen LogP contribution in [0.15, 0.2) is 42.7 Å². The van der Waals surface area contributed by atoms with Crippen LogP contribution in [0.25, 0.3) is 16.9 Å². The van der Waals surface area contributed by atoms with Gasteiger partial charge in [-0.05, 0) is 18.2 Å². The van der Waals surface area contributed by atoms with Crippen molar-refractivity contribution in [3.05, 3.63) is 58.4 Å². The number of carbonyl (C=O) groups is 1. The van der Waals surface area contributed by atoms with Crippen LogP contribution in [0.5, 0.6) is 0 Å². The second kappa shape index (κ2) is 6.52. The van der Waals surface area contributed by atoms with Crippen LogP contribution in [-0.2, 0) is 4.74 Å². The molecule has 0 unspecified atom stereocenters. The predicted octanol–water partition coefficient (Wildman–Crippen LogP) is 1.78. The lowest BCUT2D eigenvalue weighted by atomic mass is 10.1. The minimum atomic E-state index is -0.535. The molecule has 132 valence electrons. The van der Waals surface area contributed by atoms with Crippen LogP contribution in [0.4, 0.5) is 5.69 Å². The number of carbonyl (C=O) groups excluding carboxylic acids is 1. The molecule has 3 heterocycles. The molecule has 1 aliphatic heterocycles. The van der Waals surface area contributed by atoms with Crippen LogP contribution in [-0.4, -0.2) is 56.6 Å². The molecule has 0 aliphatic carbocycles. The monoisotopic (exact) mass is 353 g/mol. The highest BCUT2D eigenvalue weighted by Crippen LogP contribution is 2.27. The lowest BCUT2D eigenvalue weighted by molar-refractivity contribution is -0.385. The van der Waals surface area contributed by atoms with Crippen molar-refractivity contribution in [1.82, 2.24) is 19.5 Å². The SMILES string of the molecule is O=C(c1ccc(-c2ccc3nccn3n2)cc1[N+](=O)[O-])N1CCOCC1. The first-order chi connectivity index (χ1) is 12.6. The van der Waals surface area contributed by atoms with Crippen molar-refractivity contribution in [2.75, 3.05) is 26.3 Å². The normalized spacial score (nSPS) is 14.5. The fourth-order valence-electron chi connectivity index (χ4n) is 2.93. The average Bonchev–Trinajstić information content (AvgIpc) is 3.15. The van der Waals surface area contributed by atoms with Crippen molar-refractivity contribution in [3.63, 3.8) is 0 Å². The Hall–Kier alpha value is -3.33. The van der Waals surface area contributed by atoms with E-state index in [1.54, 1.807) is 40.0 Å². The summed E-state index contributed by atoms with van der Waals surface area (Å²) in [5.74, 6) is -0.357. The third-order valence-corrected chi connectivity index (χ3v) is 4.27. The van der Waals surface area contributed by atoms with Gasteiger partial charge in [0.25, 0.3) is 11.6 Å². The smallest absolute Gasteiger partial charge is 0.282 e. The third kappa shape index (κ3) is 2.88. The first-order valence-corrected chi connectivity index (χ1v) is 8.10. The van der Waals surface area contributed by atoms with Crippen molar-refractivity contribution >= 4 is 17.2 Å². The molecule has 1 amide bonds. The molecule has 9 heteroatoms. The van der Waals surface area contributed by atoms with Gasteiger partial charge in [-0.1, -0.05) is 6.07 Å². The number of ether oxygens (including phenoxy) is 1. The Kier molecular flexibility index (Phi) is 4.05. The Bertz CT molecular complexity index is 994. The molecule has 1 saturated heterocycles. The van der Waals surface area contributed by atoms with Gasteiger partial charge in [-0.2, -0.15) is 5.10 Å². The topological polar surface area (TPSA) is 103 Å². The molecule has 1 aromatic carbocycles. The maximum atomic E-state index is 12.7. The van der Waals surface area contributed by atoms with Crippen LogP contribution in [0.2, 0.25) is 0 Å². The number of nitro benzene ring substituents is 1. The molecule has 3 aromatic rings. The lowest BCUT2D eigenvalue weighted by Gasteiger charge is -2.26. The minimum absolute atomic E-state index is 0.0735. The van der Waals surface area contributed by atoms with Crippen molar-refractivity contribution in [1.29, 1.82) is 0 Å². The van der Waals surface area contributed by atoms with Gasteiger partial charge in [-0.15, -0.1) is 0 Å². The number of aromatic nitrogens is 3. The summed E-state index contributed by atoms with van der Waals surface area (Å²) in [5, 5.41) is 15.9. The van der Waals surface area contributed by atoms with E-state index in [2.05, 4.69) is 10.1 Å². The number of amides is 1. The van der Waals surface area contributed by atoms with Gasteiger partial charge in [0.1, 0.15) is 5.56 Å². The molecule has 2 aromatic heterocycles. The third-order valence-electron chi connectivity index (χ3n) is 4.27. The van der Waals surface area contributed by atoms with Crippen LogP contribution in [0.1, 0.15) is 10.4 Å². The number of hydrogen-bond donors (Lipinski definition) is 0. The van der Waals surface area contributed by atoms with Crippen molar-refractivity contribution in [2.24, 2.45) is 0 Å². The first kappa shape index (κ1) is 16.2. The quantitative estimate of drug-likeness (QED) is 0.525. The summed E-state index contributed by atoms with van der Waals surface area (Å²) < 4.78 is 6.82. The number of nitro groups is 1. The van der Waals surface area contributed by atoms with Gasteiger partial charge >= 0.3 is 0 Å². The van der Waals surface area contributed by atoms with Crippen LogP contribution in [0, 0.1) is 10.1 Å². The molecule has 1 fully saturated rings. The highest BCUT2D eigenvalue weighted by Gasteiger charge is 2.26. The summed E-state index contributed by atoms with van der Waals surface area (Å²) in [6.45, 7) is 1.73. The van der Waals surface area contributed by atoms with E-state index in [9.17, 15) is 14.9 Å². The molecular formula is C17H15N5O4. The van der Waals surface area contributed by atoms with Crippen LogP contribution >= 0.6 is 0 Å². The summed E-state index contributed by atoms with van der Waals surface area (Å²) in [7, 11) is 0. The molecule has 1 aliphatic rings. The zero-order valence-corrected chi connectivity index (χ0v) is 13.7. The average molecular weight is 353 g/mol. The van der Waals surface area contributed by atoms with Crippen LogP contribution < -0.4 is 0 Å². The van der Waals surface area contributed by atoms with Gasteiger partial charge in [0, 0.05) is 37.1 Å². The first-order valence-electron chi connectivity index (χ1n) is 8.10. The van der Waals surface area contributed by atoms with Gasteiger partial charge in [-0.25, -0.2) is 9.50 Å². The fourth-order valence-corrected chi connectivity index (χ4v) is 2.93. The van der Waals surface area contributed by atoms with Crippen molar-refractivity contribution < 1.29 is 14.5 Å². The molecule has 9 nitrogen and oxygen atoms in total. The Balaban J connectivity index is 1.73. The molecular weight excluding hydrogens is 338 g/mol. The summed E-state index contributed by atoms with van der Waals surface area (Å²) in [5.41, 5.74) is 1.65. The van der Waals surface area contributed by atoms with Gasteiger partial charge < -0.3 is 9.64 Å². The summed E-state index contributed by atoms with van der Waals surface area (Å²) in [6, 6.07) is 8.07. The minimum Gasteiger partial charge on any atom is -0.378 e.